The summed E-state index contributed by atoms with van der Waals surface area (Å²) in [5.41, 5.74) is 8.84. The zero-order valence-corrected chi connectivity index (χ0v) is 15.4. The number of benzene rings is 2. The minimum atomic E-state index is -4.02. The van der Waals surface area contributed by atoms with E-state index in [-0.39, 0.29) is 10.9 Å². The molecule has 3 rings (SSSR count). The summed E-state index contributed by atoms with van der Waals surface area (Å²) in [5, 5.41) is 1.15. The molecule has 0 radical (unpaired) electrons. The molecule has 1 aromatic heterocycles. The number of nitrogens with zero attached hydrogens (tertiary/aromatic N) is 1. The minimum absolute atomic E-state index is 0.0490. The molecular weight excluding hydrogens is 348 g/mol. The van der Waals surface area contributed by atoms with E-state index < -0.39 is 10.1 Å². The highest BCUT2D eigenvalue weighted by atomic mass is 32.2. The Balaban J connectivity index is 0.000000197. The van der Waals surface area contributed by atoms with Crippen molar-refractivity contribution in [2.75, 3.05) is 0 Å². The van der Waals surface area contributed by atoms with Crippen molar-refractivity contribution in [1.29, 1.82) is 0 Å². The molecule has 136 valence electrons. The summed E-state index contributed by atoms with van der Waals surface area (Å²) < 4.78 is 29.6. The van der Waals surface area contributed by atoms with Crippen molar-refractivity contribution in [3.63, 3.8) is 0 Å². The van der Waals surface area contributed by atoms with Crippen LogP contribution in [0.2, 0.25) is 0 Å². The van der Waals surface area contributed by atoms with Crippen molar-refractivity contribution in [1.82, 2.24) is 4.98 Å². The molecule has 0 fully saturated rings. The normalized spacial score (nSPS) is 12.1. The Hall–Kier alpha value is -2.54. The molecule has 1 unspecified atom stereocenters. The van der Waals surface area contributed by atoms with Gasteiger partial charge in [0.05, 0.1) is 22.1 Å². The van der Waals surface area contributed by atoms with E-state index in [0.29, 0.717) is 0 Å². The third kappa shape index (κ3) is 5.49. The van der Waals surface area contributed by atoms with Gasteiger partial charge < -0.3 is 5.73 Å². The standard InChI is InChI=1S/C13H14N2.C7H8O3S/c1-2-5-11(14)13-9-8-10-6-3-4-7-12(10)15-13;1-6-2-4-7(5-3-6)11(8,9)10/h2-4,6-9,11H,1,5,14H2;2-5H,1H3,(H,8,9,10). The van der Waals surface area contributed by atoms with Gasteiger partial charge in [0.2, 0.25) is 0 Å². The molecule has 0 saturated carbocycles. The minimum Gasteiger partial charge on any atom is -0.322 e. The highest BCUT2D eigenvalue weighted by Crippen LogP contribution is 2.17. The fourth-order valence-electron chi connectivity index (χ4n) is 2.30. The van der Waals surface area contributed by atoms with Crippen LogP contribution < -0.4 is 5.73 Å². The second kappa shape index (κ2) is 8.71. The van der Waals surface area contributed by atoms with Gasteiger partial charge in [0.25, 0.3) is 10.1 Å². The molecule has 5 nitrogen and oxygen atoms in total. The molecule has 1 heterocycles. The lowest BCUT2D eigenvalue weighted by atomic mass is 10.1. The van der Waals surface area contributed by atoms with Crippen LogP contribution in [-0.2, 0) is 10.1 Å². The van der Waals surface area contributed by atoms with Gasteiger partial charge in [-0.2, -0.15) is 8.42 Å². The van der Waals surface area contributed by atoms with Gasteiger partial charge in [-0.15, -0.1) is 6.58 Å². The molecule has 3 N–H and O–H groups in total. The van der Waals surface area contributed by atoms with E-state index in [1.54, 1.807) is 12.1 Å². The number of rotatable bonds is 4. The first-order valence-corrected chi connectivity index (χ1v) is 9.51. The maximum atomic E-state index is 10.5. The fraction of sp³-hybridized carbons (Fsp3) is 0.150. The molecule has 0 bridgehead atoms. The van der Waals surface area contributed by atoms with Crippen molar-refractivity contribution in [3.05, 3.63) is 84.6 Å². The lowest BCUT2D eigenvalue weighted by molar-refractivity contribution is 0.483. The van der Waals surface area contributed by atoms with Gasteiger partial charge in [-0.3, -0.25) is 9.54 Å². The van der Waals surface area contributed by atoms with Crippen molar-refractivity contribution in [3.8, 4) is 0 Å². The molecular formula is C20H22N2O3S. The Labute approximate surface area is 153 Å². The number of aromatic nitrogens is 1. The quantitative estimate of drug-likeness (QED) is 0.534. The van der Waals surface area contributed by atoms with Crippen molar-refractivity contribution in [2.24, 2.45) is 5.73 Å². The van der Waals surface area contributed by atoms with Crippen LogP contribution in [0.3, 0.4) is 0 Å². The van der Waals surface area contributed by atoms with Crippen LogP contribution in [0.1, 0.15) is 23.7 Å². The van der Waals surface area contributed by atoms with Gasteiger partial charge in [-0.25, -0.2) is 0 Å². The predicted octanol–water partition coefficient (Wildman–Crippen LogP) is 4.05. The van der Waals surface area contributed by atoms with Crippen LogP contribution in [0.15, 0.2) is 78.2 Å². The van der Waals surface area contributed by atoms with Crippen molar-refractivity contribution >= 4 is 21.0 Å². The Morgan fingerprint density at radius 1 is 1.12 bits per heavy atom. The summed E-state index contributed by atoms with van der Waals surface area (Å²) in [4.78, 5) is 4.45. The summed E-state index contributed by atoms with van der Waals surface area (Å²) in [7, 11) is -4.02. The lowest BCUT2D eigenvalue weighted by Crippen LogP contribution is -2.10. The Kier molecular flexibility index (Phi) is 6.63. The molecule has 26 heavy (non-hydrogen) atoms. The molecule has 0 spiro atoms. The molecule has 0 amide bonds. The van der Waals surface area contributed by atoms with Crippen LogP contribution in [0.4, 0.5) is 0 Å². The van der Waals surface area contributed by atoms with Gasteiger partial charge in [0, 0.05) is 5.39 Å². The van der Waals surface area contributed by atoms with E-state index in [2.05, 4.69) is 17.6 Å². The topological polar surface area (TPSA) is 93.3 Å². The molecule has 1 atom stereocenters. The summed E-state index contributed by atoms with van der Waals surface area (Å²) in [6.45, 7) is 5.52. The van der Waals surface area contributed by atoms with E-state index in [1.165, 1.54) is 12.1 Å². The van der Waals surface area contributed by atoms with Crippen LogP contribution >= 0.6 is 0 Å². The molecule has 0 aliphatic heterocycles. The Morgan fingerprint density at radius 3 is 2.38 bits per heavy atom. The highest BCUT2D eigenvalue weighted by molar-refractivity contribution is 7.85. The van der Waals surface area contributed by atoms with Gasteiger partial charge in [0.15, 0.2) is 0 Å². The number of pyridine rings is 1. The van der Waals surface area contributed by atoms with Crippen molar-refractivity contribution in [2.45, 2.75) is 24.3 Å². The molecule has 0 aliphatic rings. The maximum Gasteiger partial charge on any atom is 0.294 e. The van der Waals surface area contributed by atoms with Gasteiger partial charge in [0.1, 0.15) is 0 Å². The zero-order chi connectivity index (χ0) is 19.2. The third-order valence-corrected chi connectivity index (χ3v) is 4.61. The van der Waals surface area contributed by atoms with Gasteiger partial charge >= 0.3 is 0 Å². The van der Waals surface area contributed by atoms with E-state index in [4.69, 9.17) is 10.3 Å². The van der Waals surface area contributed by atoms with Crippen LogP contribution in [0.5, 0.6) is 0 Å². The molecule has 0 aliphatic carbocycles. The number of hydrogen-bond acceptors (Lipinski definition) is 4. The number of para-hydroxylation sites is 1. The number of hydrogen-bond donors (Lipinski definition) is 2. The average molecular weight is 370 g/mol. The largest absolute Gasteiger partial charge is 0.322 e. The predicted molar refractivity (Wildman–Crippen MR) is 104 cm³/mol. The molecule has 3 aromatic rings. The first-order chi connectivity index (χ1) is 12.3. The summed E-state index contributed by atoms with van der Waals surface area (Å²) in [5.74, 6) is 0. The summed E-state index contributed by atoms with van der Waals surface area (Å²) in [6.07, 6.45) is 2.58. The molecule has 6 heteroatoms. The number of nitrogens with two attached hydrogens (primary N) is 1. The first-order valence-electron chi connectivity index (χ1n) is 8.07. The van der Waals surface area contributed by atoms with Crippen LogP contribution in [0.25, 0.3) is 10.9 Å². The van der Waals surface area contributed by atoms with E-state index in [9.17, 15) is 8.42 Å². The lowest BCUT2D eigenvalue weighted by Gasteiger charge is -2.08. The third-order valence-electron chi connectivity index (χ3n) is 3.74. The molecule has 0 saturated heterocycles. The second-order valence-electron chi connectivity index (χ2n) is 5.85. The average Bonchev–Trinajstić information content (AvgIpc) is 2.61. The molecule has 2 aromatic carbocycles. The van der Waals surface area contributed by atoms with Gasteiger partial charge in [-0.1, -0.05) is 48.0 Å². The fourth-order valence-corrected chi connectivity index (χ4v) is 2.78. The van der Waals surface area contributed by atoms with E-state index in [1.807, 2.05) is 43.3 Å². The monoisotopic (exact) mass is 370 g/mol. The summed E-state index contributed by atoms with van der Waals surface area (Å²) in [6, 6.07) is 18.0. The number of aryl methyl sites for hydroxylation is 1. The van der Waals surface area contributed by atoms with Crippen LogP contribution in [0, 0.1) is 6.92 Å². The van der Waals surface area contributed by atoms with Gasteiger partial charge in [-0.05, 0) is 37.6 Å². The van der Waals surface area contributed by atoms with E-state index >= 15 is 0 Å². The second-order valence-corrected chi connectivity index (χ2v) is 7.27. The van der Waals surface area contributed by atoms with Crippen LogP contribution in [-0.4, -0.2) is 18.0 Å². The number of fused-ring (bicyclic) bond motifs is 1. The highest BCUT2D eigenvalue weighted by Gasteiger charge is 2.07. The van der Waals surface area contributed by atoms with E-state index in [0.717, 1.165) is 28.6 Å². The maximum absolute atomic E-state index is 10.5. The zero-order valence-electron chi connectivity index (χ0n) is 14.5. The SMILES string of the molecule is C=CCC(N)c1ccc2ccccc2n1.Cc1ccc(S(=O)(=O)O)cc1. The Morgan fingerprint density at radius 2 is 1.77 bits per heavy atom. The van der Waals surface area contributed by atoms with Crippen molar-refractivity contribution < 1.29 is 13.0 Å². The summed E-state index contributed by atoms with van der Waals surface area (Å²) >= 11 is 0. The smallest absolute Gasteiger partial charge is 0.294 e. The Bertz CT molecular complexity index is 983. The first kappa shape index (κ1) is 19.8.